The first-order valence-corrected chi connectivity index (χ1v) is 9.95. The van der Waals surface area contributed by atoms with Gasteiger partial charge in [-0.3, -0.25) is 14.5 Å². The summed E-state index contributed by atoms with van der Waals surface area (Å²) in [5.41, 5.74) is 2.66. The molecule has 1 aliphatic heterocycles. The average Bonchev–Trinajstić information content (AvgIpc) is 3.37. The van der Waals surface area contributed by atoms with Crippen LogP contribution in [0.1, 0.15) is 17.5 Å². The molecule has 1 aromatic heterocycles. The number of urea groups is 1. The number of anilines is 1. The fraction of sp³-hybridized carbons (Fsp3) is 0.227. The number of benzene rings is 2. The molecule has 4 rings (SSSR count). The van der Waals surface area contributed by atoms with E-state index in [1.54, 1.807) is 23.1 Å². The van der Waals surface area contributed by atoms with Gasteiger partial charge in [-0.2, -0.15) is 5.10 Å². The predicted octanol–water partition coefficient (Wildman–Crippen LogP) is 1.82. The number of hydrogen-bond donors (Lipinski definition) is 2. The van der Waals surface area contributed by atoms with Gasteiger partial charge in [-0.05, 0) is 29.7 Å². The summed E-state index contributed by atoms with van der Waals surface area (Å²) < 4.78 is 1.70. The summed E-state index contributed by atoms with van der Waals surface area (Å²) in [6, 6.07) is 15.6. The molecular weight excluding hydrogens is 396 g/mol. The molecule has 2 heterocycles. The van der Waals surface area contributed by atoms with E-state index in [9.17, 15) is 14.4 Å². The van der Waals surface area contributed by atoms with Gasteiger partial charge in [0.2, 0.25) is 5.91 Å². The van der Waals surface area contributed by atoms with Crippen LogP contribution in [0.15, 0.2) is 67.3 Å². The lowest BCUT2D eigenvalue weighted by Crippen LogP contribution is -2.34. The zero-order valence-corrected chi connectivity index (χ0v) is 16.8. The van der Waals surface area contributed by atoms with Crippen LogP contribution >= 0.6 is 0 Å². The molecule has 3 aromatic rings. The van der Waals surface area contributed by atoms with Gasteiger partial charge in [0.1, 0.15) is 18.7 Å². The summed E-state index contributed by atoms with van der Waals surface area (Å²) in [4.78, 5) is 42.2. The normalized spacial score (nSPS) is 15.7. The van der Waals surface area contributed by atoms with Crippen molar-refractivity contribution < 1.29 is 14.4 Å². The Morgan fingerprint density at radius 2 is 1.81 bits per heavy atom. The second-order valence-electron chi connectivity index (χ2n) is 7.27. The van der Waals surface area contributed by atoms with Crippen LogP contribution in [0.2, 0.25) is 0 Å². The highest BCUT2D eigenvalue weighted by atomic mass is 16.2. The molecule has 2 N–H and O–H groups in total. The average molecular weight is 418 g/mol. The van der Waals surface area contributed by atoms with E-state index >= 15 is 0 Å². The molecule has 0 radical (unpaired) electrons. The summed E-state index contributed by atoms with van der Waals surface area (Å²) in [5, 5.41) is 9.42. The Bertz CT molecular complexity index is 1050. The van der Waals surface area contributed by atoms with Crippen LogP contribution in [0.5, 0.6) is 0 Å². The van der Waals surface area contributed by atoms with Crippen molar-refractivity contribution in [2.24, 2.45) is 0 Å². The second-order valence-corrected chi connectivity index (χ2v) is 7.27. The Morgan fingerprint density at radius 3 is 2.52 bits per heavy atom. The van der Waals surface area contributed by atoms with Gasteiger partial charge >= 0.3 is 6.03 Å². The number of nitrogens with zero attached hydrogens (tertiary/aromatic N) is 4. The number of carbonyl (C=O) groups excluding carboxylic acids is 3. The minimum atomic E-state index is -0.852. The quantitative estimate of drug-likeness (QED) is 0.543. The molecule has 1 fully saturated rings. The smallest absolute Gasteiger partial charge is 0.324 e. The van der Waals surface area contributed by atoms with Crippen LogP contribution in [0.4, 0.5) is 10.5 Å². The van der Waals surface area contributed by atoms with Crippen molar-refractivity contribution in [2.75, 3.05) is 11.9 Å². The summed E-state index contributed by atoms with van der Waals surface area (Å²) in [6.07, 6.45) is 3.55. The van der Waals surface area contributed by atoms with Gasteiger partial charge in [-0.25, -0.2) is 14.5 Å². The molecule has 158 valence electrons. The largest absolute Gasteiger partial charge is 0.326 e. The molecule has 4 amide bonds. The number of hydrogen-bond acceptors (Lipinski definition) is 5. The molecule has 1 saturated heterocycles. The monoisotopic (exact) mass is 418 g/mol. The Kier molecular flexibility index (Phi) is 6.02. The maximum atomic E-state index is 12.6. The molecule has 9 nitrogen and oxygen atoms in total. The highest BCUT2D eigenvalue weighted by molar-refractivity contribution is 6.06. The fourth-order valence-corrected chi connectivity index (χ4v) is 3.40. The summed E-state index contributed by atoms with van der Waals surface area (Å²) >= 11 is 0. The molecule has 1 unspecified atom stereocenters. The highest BCUT2D eigenvalue weighted by Gasteiger charge is 2.38. The van der Waals surface area contributed by atoms with Crippen molar-refractivity contribution in [1.29, 1.82) is 0 Å². The van der Waals surface area contributed by atoms with Crippen LogP contribution in [0, 0.1) is 0 Å². The number of carbonyl (C=O) groups is 3. The van der Waals surface area contributed by atoms with E-state index in [0.29, 0.717) is 18.7 Å². The van der Waals surface area contributed by atoms with Crippen LogP contribution < -0.4 is 10.6 Å². The minimum absolute atomic E-state index is 0.118. The van der Waals surface area contributed by atoms with Gasteiger partial charge in [0.15, 0.2) is 0 Å². The van der Waals surface area contributed by atoms with Gasteiger partial charge in [-0.15, -0.1) is 0 Å². The standard InChI is InChI=1S/C22H22N6O3/c29-20(25-18-8-6-17(7-9-18)13-27-15-23-14-24-27)12-19-21(30)28(22(31)26-19)11-10-16-4-2-1-3-5-16/h1-9,14-15,19H,10-13H2,(H,25,29)(H,26,31). The van der Waals surface area contributed by atoms with Gasteiger partial charge in [0.05, 0.1) is 13.0 Å². The third kappa shape index (κ3) is 5.13. The minimum Gasteiger partial charge on any atom is -0.326 e. The topological polar surface area (TPSA) is 109 Å². The third-order valence-corrected chi connectivity index (χ3v) is 5.01. The Morgan fingerprint density at radius 1 is 1.03 bits per heavy atom. The molecule has 1 aliphatic rings. The molecular formula is C22H22N6O3. The van der Waals surface area contributed by atoms with Crippen molar-refractivity contribution in [2.45, 2.75) is 25.4 Å². The number of rotatable bonds is 8. The lowest BCUT2D eigenvalue weighted by atomic mass is 10.1. The van der Waals surface area contributed by atoms with Crippen LogP contribution in [-0.2, 0) is 22.6 Å². The van der Waals surface area contributed by atoms with Crippen molar-refractivity contribution in [3.8, 4) is 0 Å². The van der Waals surface area contributed by atoms with Gasteiger partial charge < -0.3 is 10.6 Å². The van der Waals surface area contributed by atoms with E-state index in [-0.39, 0.29) is 24.8 Å². The first-order chi connectivity index (χ1) is 15.1. The van der Waals surface area contributed by atoms with Crippen molar-refractivity contribution in [3.63, 3.8) is 0 Å². The molecule has 0 bridgehead atoms. The zero-order valence-electron chi connectivity index (χ0n) is 16.8. The molecule has 0 saturated carbocycles. The third-order valence-electron chi connectivity index (χ3n) is 5.01. The predicted molar refractivity (Wildman–Crippen MR) is 113 cm³/mol. The number of amides is 4. The summed E-state index contributed by atoms with van der Waals surface area (Å²) in [7, 11) is 0. The van der Waals surface area contributed by atoms with E-state index in [1.807, 2.05) is 42.5 Å². The maximum Gasteiger partial charge on any atom is 0.324 e. The van der Waals surface area contributed by atoms with E-state index in [4.69, 9.17) is 0 Å². The number of imide groups is 1. The van der Waals surface area contributed by atoms with Crippen molar-refractivity contribution in [3.05, 3.63) is 78.4 Å². The molecule has 31 heavy (non-hydrogen) atoms. The van der Waals surface area contributed by atoms with Crippen LogP contribution in [-0.4, -0.2) is 50.1 Å². The molecule has 2 aromatic carbocycles. The summed E-state index contributed by atoms with van der Waals surface area (Å²) in [5.74, 6) is -0.716. The Labute approximate surface area is 179 Å². The van der Waals surface area contributed by atoms with E-state index in [0.717, 1.165) is 11.1 Å². The van der Waals surface area contributed by atoms with E-state index < -0.39 is 12.1 Å². The zero-order chi connectivity index (χ0) is 21.6. The maximum absolute atomic E-state index is 12.6. The van der Waals surface area contributed by atoms with Gasteiger partial charge in [0, 0.05) is 12.2 Å². The fourth-order valence-electron chi connectivity index (χ4n) is 3.40. The molecule has 0 aliphatic carbocycles. The SMILES string of the molecule is O=C(CC1NC(=O)N(CCc2ccccc2)C1=O)Nc1ccc(Cn2cncn2)cc1. The number of nitrogens with one attached hydrogen (secondary N) is 2. The summed E-state index contributed by atoms with van der Waals surface area (Å²) in [6.45, 7) is 0.857. The van der Waals surface area contributed by atoms with Gasteiger partial charge in [-0.1, -0.05) is 42.5 Å². The Balaban J connectivity index is 1.28. The van der Waals surface area contributed by atoms with Crippen molar-refractivity contribution >= 4 is 23.5 Å². The Hall–Kier alpha value is -4.01. The first-order valence-electron chi connectivity index (χ1n) is 9.95. The van der Waals surface area contributed by atoms with E-state index in [2.05, 4.69) is 20.7 Å². The van der Waals surface area contributed by atoms with Crippen molar-refractivity contribution in [1.82, 2.24) is 25.0 Å². The lowest BCUT2D eigenvalue weighted by Gasteiger charge is -2.13. The molecule has 1 atom stereocenters. The molecule has 9 heteroatoms. The first kappa shape index (κ1) is 20.3. The van der Waals surface area contributed by atoms with Crippen LogP contribution in [0.3, 0.4) is 0 Å². The highest BCUT2D eigenvalue weighted by Crippen LogP contribution is 2.14. The van der Waals surface area contributed by atoms with E-state index in [1.165, 1.54) is 11.2 Å². The van der Waals surface area contributed by atoms with Crippen LogP contribution in [0.25, 0.3) is 0 Å². The number of aromatic nitrogens is 3. The lowest BCUT2D eigenvalue weighted by molar-refractivity contribution is -0.129. The van der Waals surface area contributed by atoms with Gasteiger partial charge in [0.25, 0.3) is 5.91 Å². The second kappa shape index (κ2) is 9.21. The molecule has 0 spiro atoms.